The third kappa shape index (κ3) is 4.71. The highest BCUT2D eigenvalue weighted by molar-refractivity contribution is 6.01. The first kappa shape index (κ1) is 29.2. The number of hydrogen-bond acceptors (Lipinski definition) is 12. The van der Waals surface area contributed by atoms with Crippen molar-refractivity contribution >= 4 is 17.3 Å². The van der Waals surface area contributed by atoms with Gasteiger partial charge in [-0.25, -0.2) is 0 Å². The van der Waals surface area contributed by atoms with Gasteiger partial charge in [0.25, 0.3) is 0 Å². The van der Waals surface area contributed by atoms with Crippen LogP contribution in [0.3, 0.4) is 0 Å². The number of fused-ring (bicyclic) bond motifs is 3. The van der Waals surface area contributed by atoms with E-state index in [9.17, 15) is 39.9 Å². The summed E-state index contributed by atoms with van der Waals surface area (Å²) in [4.78, 5) is 40.3. The smallest absolute Gasteiger partial charge is 0.189 e. The van der Waals surface area contributed by atoms with E-state index in [0.717, 1.165) is 0 Å². The predicted molar refractivity (Wildman–Crippen MR) is 132 cm³/mol. The quantitative estimate of drug-likeness (QED) is 0.219. The van der Waals surface area contributed by atoms with Gasteiger partial charge in [0.15, 0.2) is 12.1 Å². The number of Topliss-reactive ketones (excluding diaryl/α,β-unsaturated/α-hetero) is 3. The zero-order chi connectivity index (χ0) is 28.4. The first-order chi connectivity index (χ1) is 18.4. The lowest BCUT2D eigenvalue weighted by Gasteiger charge is -2.58. The Kier molecular flexibility index (Phi) is 8.08. The monoisotopic (exact) mass is 555 g/mol. The summed E-state index contributed by atoms with van der Waals surface area (Å²) < 4.78 is 17.5. The molecule has 15 unspecified atom stereocenters. The van der Waals surface area contributed by atoms with Crippen LogP contribution in [0, 0.1) is 35.5 Å². The Bertz CT molecular complexity index is 965. The van der Waals surface area contributed by atoms with E-state index >= 15 is 0 Å². The molecule has 0 aromatic carbocycles. The van der Waals surface area contributed by atoms with E-state index in [0.29, 0.717) is 19.3 Å². The Morgan fingerprint density at radius 2 is 1.72 bits per heavy atom. The molecular formula is C27H41NO11. The van der Waals surface area contributed by atoms with Crippen molar-refractivity contribution < 1.29 is 54.1 Å². The number of aliphatic hydroxyl groups excluding tert-OH is 4. The third-order valence-corrected chi connectivity index (χ3v) is 10.2. The maximum atomic E-state index is 13.9. The number of rotatable bonds is 5. The second-order valence-corrected chi connectivity index (χ2v) is 12.3. The van der Waals surface area contributed by atoms with Crippen LogP contribution in [-0.4, -0.2) is 111 Å². The van der Waals surface area contributed by atoms with E-state index in [1.807, 2.05) is 0 Å². The van der Waals surface area contributed by atoms with Crippen LogP contribution in [0.4, 0.5) is 0 Å². The van der Waals surface area contributed by atoms with Crippen LogP contribution < -0.4 is 5.73 Å². The van der Waals surface area contributed by atoms with Gasteiger partial charge in [0, 0.05) is 37.8 Å². The molecule has 0 spiro atoms. The molecule has 4 saturated carbocycles. The van der Waals surface area contributed by atoms with E-state index < -0.39 is 102 Å². The molecule has 220 valence electrons. The van der Waals surface area contributed by atoms with Crippen molar-refractivity contribution in [3.8, 4) is 0 Å². The van der Waals surface area contributed by atoms with Gasteiger partial charge < -0.3 is 45.5 Å². The molecule has 1 heterocycles. The summed E-state index contributed by atoms with van der Waals surface area (Å²) in [5.41, 5.74) is 3.96. The second kappa shape index (κ2) is 10.8. The summed E-state index contributed by atoms with van der Waals surface area (Å²) in [6.45, 7) is 0.678. The third-order valence-electron chi connectivity index (χ3n) is 10.2. The number of methoxy groups -OCH3 is 1. The molecule has 12 heteroatoms. The minimum Gasteiger partial charge on any atom is -0.392 e. The van der Waals surface area contributed by atoms with Crippen molar-refractivity contribution in [1.82, 2.24) is 0 Å². The Balaban J connectivity index is 1.50. The largest absolute Gasteiger partial charge is 0.392 e. The second-order valence-electron chi connectivity index (χ2n) is 12.3. The van der Waals surface area contributed by atoms with Crippen molar-refractivity contribution in [1.29, 1.82) is 0 Å². The van der Waals surface area contributed by atoms with Crippen molar-refractivity contribution in [2.45, 2.75) is 100 Å². The van der Waals surface area contributed by atoms with Gasteiger partial charge in [-0.05, 0) is 32.1 Å². The van der Waals surface area contributed by atoms with E-state index in [2.05, 4.69) is 0 Å². The van der Waals surface area contributed by atoms with Gasteiger partial charge in [-0.1, -0.05) is 6.42 Å². The molecule has 1 aliphatic heterocycles. The van der Waals surface area contributed by atoms with E-state index in [4.69, 9.17) is 19.9 Å². The van der Waals surface area contributed by atoms with Gasteiger partial charge in [-0.3, -0.25) is 14.4 Å². The highest BCUT2D eigenvalue weighted by Crippen LogP contribution is 2.55. The SMILES string of the molecule is COC1CCCC2C(=O)C3C(O)C4CC(O)(C(=O)CO)CC(OC5CC(N)C(O)C(C)O5)C4C(O)C3C(=O)C12. The van der Waals surface area contributed by atoms with Gasteiger partial charge in [0.05, 0.1) is 54.4 Å². The summed E-state index contributed by atoms with van der Waals surface area (Å²) in [6.07, 6.45) is -5.68. The molecule has 12 nitrogen and oxygen atoms in total. The first-order valence-corrected chi connectivity index (χ1v) is 14.0. The molecule has 0 bridgehead atoms. The zero-order valence-electron chi connectivity index (χ0n) is 22.3. The van der Waals surface area contributed by atoms with Crippen molar-refractivity contribution in [2.24, 2.45) is 41.2 Å². The van der Waals surface area contributed by atoms with Crippen LogP contribution in [0.15, 0.2) is 0 Å². The molecule has 0 aromatic rings. The van der Waals surface area contributed by atoms with Gasteiger partial charge in [0.1, 0.15) is 23.8 Å². The fourth-order valence-electron chi connectivity index (χ4n) is 8.27. The van der Waals surface area contributed by atoms with Crippen LogP contribution in [-0.2, 0) is 28.6 Å². The molecule has 39 heavy (non-hydrogen) atoms. The van der Waals surface area contributed by atoms with Crippen molar-refractivity contribution in [3.63, 3.8) is 0 Å². The Hall–Kier alpha value is -1.35. The molecule has 0 amide bonds. The number of carbonyl (C=O) groups excluding carboxylic acids is 3. The number of ether oxygens (including phenoxy) is 3. The fraction of sp³-hybridized carbons (Fsp3) is 0.889. The van der Waals surface area contributed by atoms with E-state index in [1.54, 1.807) is 6.92 Å². The Morgan fingerprint density at radius 1 is 1.03 bits per heavy atom. The highest BCUT2D eigenvalue weighted by atomic mass is 16.7. The fourth-order valence-corrected chi connectivity index (χ4v) is 8.27. The molecule has 0 radical (unpaired) electrons. The van der Waals surface area contributed by atoms with Crippen molar-refractivity contribution in [2.75, 3.05) is 13.7 Å². The molecule has 15 atom stereocenters. The minimum absolute atomic E-state index is 0.0904. The minimum atomic E-state index is -2.09. The summed E-state index contributed by atoms with van der Waals surface area (Å²) in [5.74, 6) is -7.11. The molecule has 5 rings (SSSR count). The van der Waals surface area contributed by atoms with Crippen LogP contribution in [0.5, 0.6) is 0 Å². The lowest BCUT2D eigenvalue weighted by atomic mass is 9.49. The average Bonchev–Trinajstić information content (AvgIpc) is 2.90. The number of aliphatic hydroxyl groups is 5. The summed E-state index contributed by atoms with van der Waals surface area (Å²) in [6, 6.07) is -0.672. The van der Waals surface area contributed by atoms with E-state index in [1.165, 1.54) is 7.11 Å². The Labute approximate surface area is 226 Å². The molecule has 5 fully saturated rings. The van der Waals surface area contributed by atoms with Crippen LogP contribution in [0.2, 0.25) is 0 Å². The number of hydrogen-bond donors (Lipinski definition) is 6. The predicted octanol–water partition coefficient (Wildman–Crippen LogP) is -1.94. The summed E-state index contributed by atoms with van der Waals surface area (Å²) >= 11 is 0. The summed E-state index contributed by atoms with van der Waals surface area (Å²) in [5, 5.41) is 54.4. The number of ketones is 3. The zero-order valence-corrected chi connectivity index (χ0v) is 22.3. The maximum absolute atomic E-state index is 13.9. The molecule has 7 N–H and O–H groups in total. The first-order valence-electron chi connectivity index (χ1n) is 14.0. The van der Waals surface area contributed by atoms with Crippen LogP contribution >= 0.6 is 0 Å². The lowest BCUT2D eigenvalue weighted by Crippen LogP contribution is -2.69. The molecular weight excluding hydrogens is 514 g/mol. The number of nitrogens with two attached hydrogens (primary N) is 1. The Morgan fingerprint density at radius 3 is 2.36 bits per heavy atom. The van der Waals surface area contributed by atoms with Crippen LogP contribution in [0.25, 0.3) is 0 Å². The molecule has 4 aliphatic carbocycles. The maximum Gasteiger partial charge on any atom is 0.189 e. The molecule has 0 aromatic heterocycles. The van der Waals surface area contributed by atoms with Crippen LogP contribution in [0.1, 0.15) is 45.4 Å². The topological polar surface area (TPSA) is 206 Å². The van der Waals surface area contributed by atoms with Gasteiger partial charge >= 0.3 is 0 Å². The van der Waals surface area contributed by atoms with Gasteiger partial charge in [-0.2, -0.15) is 0 Å². The standard InChI is InChI=1S/C27H41NO11/c1-10-22(31)13(28)6-17(38-10)39-15-8-27(36,16(30)9-29)7-12-19(15)26(35)21-20(24(12)33)23(32)11-4-3-5-14(37-2)18(11)25(21)34/h10-15,17-22,24,26,29,31,33,35-36H,3-9,28H2,1-2H3. The van der Waals surface area contributed by atoms with E-state index in [-0.39, 0.29) is 30.8 Å². The molecule has 1 saturated heterocycles. The lowest BCUT2D eigenvalue weighted by molar-refractivity contribution is -0.279. The highest BCUT2D eigenvalue weighted by Gasteiger charge is 2.66. The van der Waals surface area contributed by atoms with Gasteiger partial charge in [-0.15, -0.1) is 0 Å². The normalized spacial score (nSPS) is 52.0. The summed E-state index contributed by atoms with van der Waals surface area (Å²) in [7, 11) is 1.50. The van der Waals surface area contributed by atoms with Gasteiger partial charge in [0.2, 0.25) is 0 Å². The van der Waals surface area contributed by atoms with Crippen molar-refractivity contribution in [3.05, 3.63) is 0 Å². The number of carbonyl (C=O) groups is 3. The molecule has 5 aliphatic rings. The average molecular weight is 556 g/mol.